The van der Waals surface area contributed by atoms with Crippen LogP contribution >= 0.6 is 11.5 Å². The molecule has 0 saturated heterocycles. The van der Waals surface area contributed by atoms with Crippen molar-refractivity contribution in [3.8, 4) is 0 Å². The van der Waals surface area contributed by atoms with E-state index < -0.39 is 12.0 Å². The van der Waals surface area contributed by atoms with E-state index in [1.54, 1.807) is 0 Å². The van der Waals surface area contributed by atoms with Gasteiger partial charge in [-0.1, -0.05) is 12.8 Å². The van der Waals surface area contributed by atoms with E-state index >= 15 is 0 Å². The van der Waals surface area contributed by atoms with Crippen molar-refractivity contribution in [2.24, 2.45) is 5.73 Å². The number of rotatable bonds is 2. The summed E-state index contributed by atoms with van der Waals surface area (Å²) in [6, 6.07) is -0.0280. The van der Waals surface area contributed by atoms with Gasteiger partial charge in [0.25, 0.3) is 0 Å². The quantitative estimate of drug-likeness (QED) is 0.861. The van der Waals surface area contributed by atoms with E-state index in [4.69, 9.17) is 5.73 Å². The number of anilines is 1. The molecule has 2 rings (SSSR count). The van der Waals surface area contributed by atoms with Crippen molar-refractivity contribution in [3.05, 3.63) is 5.82 Å². The Morgan fingerprint density at radius 1 is 1.29 bits per heavy atom. The predicted molar refractivity (Wildman–Crippen MR) is 58.8 cm³/mol. The highest BCUT2D eigenvalue weighted by Crippen LogP contribution is 2.30. The monoisotopic (exact) mass is 266 g/mol. The molecule has 1 heterocycles. The van der Waals surface area contributed by atoms with E-state index in [0.717, 1.165) is 37.2 Å². The Labute approximate surface area is 101 Å². The first-order valence-electron chi connectivity index (χ1n) is 5.40. The summed E-state index contributed by atoms with van der Waals surface area (Å²) in [6.07, 6.45) is -0.616. The van der Waals surface area contributed by atoms with Gasteiger partial charge < -0.3 is 11.1 Å². The van der Waals surface area contributed by atoms with Crippen LogP contribution in [0.3, 0.4) is 0 Å². The predicted octanol–water partition coefficient (Wildman–Crippen LogP) is 2.24. The van der Waals surface area contributed by atoms with Crippen LogP contribution in [0, 0.1) is 0 Å². The Hall–Kier alpha value is -0.890. The Morgan fingerprint density at radius 2 is 2.00 bits per heavy atom. The van der Waals surface area contributed by atoms with Gasteiger partial charge in [-0.15, -0.1) is 0 Å². The van der Waals surface area contributed by atoms with Crippen LogP contribution in [0.1, 0.15) is 31.5 Å². The second-order valence-corrected chi connectivity index (χ2v) is 4.87. The van der Waals surface area contributed by atoms with E-state index in [1.165, 1.54) is 0 Å². The third kappa shape index (κ3) is 3.06. The maximum atomic E-state index is 12.3. The Morgan fingerprint density at radius 3 is 2.59 bits per heavy atom. The molecule has 1 aromatic heterocycles. The molecule has 0 radical (unpaired) electrons. The van der Waals surface area contributed by atoms with Crippen molar-refractivity contribution in [2.75, 3.05) is 5.32 Å². The number of nitrogens with zero attached hydrogens (tertiary/aromatic N) is 2. The Balaban J connectivity index is 2.01. The zero-order valence-electron chi connectivity index (χ0n) is 9.00. The molecule has 1 aliphatic carbocycles. The van der Waals surface area contributed by atoms with Crippen LogP contribution in [0.2, 0.25) is 0 Å². The number of halogens is 3. The Bertz CT molecular complexity index is 379. The second-order valence-electron chi connectivity index (χ2n) is 4.12. The maximum Gasteiger partial charge on any atom is 0.452 e. The molecule has 1 fully saturated rings. The number of alkyl halides is 3. The molecule has 1 saturated carbocycles. The highest BCUT2D eigenvalue weighted by atomic mass is 32.1. The van der Waals surface area contributed by atoms with Gasteiger partial charge in [0.05, 0.1) is 0 Å². The van der Waals surface area contributed by atoms with Crippen molar-refractivity contribution in [1.82, 2.24) is 9.36 Å². The summed E-state index contributed by atoms with van der Waals surface area (Å²) in [5.74, 6) is -1.09. The molecule has 0 aromatic carbocycles. The minimum atomic E-state index is -4.48. The summed E-state index contributed by atoms with van der Waals surface area (Å²) in [5, 5.41) is 3.14. The van der Waals surface area contributed by atoms with Crippen LogP contribution < -0.4 is 11.1 Å². The highest BCUT2D eigenvalue weighted by molar-refractivity contribution is 7.09. The standard InChI is InChI=1S/C9H13F3N4S/c10-9(11,12)7-15-8(17-16-7)14-6-4-2-1-3-5(6)13/h5-6H,1-4,13H2,(H,14,15,16). The molecule has 2 unspecified atom stereocenters. The van der Waals surface area contributed by atoms with Crippen molar-refractivity contribution >= 4 is 16.7 Å². The molecule has 2 atom stereocenters. The van der Waals surface area contributed by atoms with Crippen LogP contribution in [0.15, 0.2) is 0 Å². The SMILES string of the molecule is NC1CCCCC1Nc1nc(C(F)(F)F)ns1. The molecule has 0 bridgehead atoms. The average molecular weight is 266 g/mol. The molecule has 0 aliphatic heterocycles. The highest BCUT2D eigenvalue weighted by Gasteiger charge is 2.36. The zero-order valence-corrected chi connectivity index (χ0v) is 9.81. The summed E-state index contributed by atoms with van der Waals surface area (Å²) in [4.78, 5) is 3.43. The van der Waals surface area contributed by atoms with Gasteiger partial charge >= 0.3 is 6.18 Å². The van der Waals surface area contributed by atoms with Gasteiger partial charge in [-0.3, -0.25) is 0 Å². The van der Waals surface area contributed by atoms with Gasteiger partial charge in [0.15, 0.2) is 0 Å². The fourth-order valence-corrected chi connectivity index (χ4v) is 2.54. The van der Waals surface area contributed by atoms with E-state index in [1.807, 2.05) is 0 Å². The molecular weight excluding hydrogens is 253 g/mol. The van der Waals surface area contributed by atoms with Gasteiger partial charge in [-0.2, -0.15) is 22.5 Å². The molecule has 4 nitrogen and oxygen atoms in total. The zero-order chi connectivity index (χ0) is 12.5. The first-order valence-corrected chi connectivity index (χ1v) is 6.17. The van der Waals surface area contributed by atoms with E-state index in [-0.39, 0.29) is 17.2 Å². The summed E-state index contributed by atoms with van der Waals surface area (Å²) >= 11 is 0.724. The number of nitrogens with two attached hydrogens (primary N) is 1. The van der Waals surface area contributed by atoms with Crippen molar-refractivity contribution in [3.63, 3.8) is 0 Å². The lowest BCUT2D eigenvalue weighted by Gasteiger charge is -2.28. The first-order chi connectivity index (χ1) is 7.97. The van der Waals surface area contributed by atoms with Crippen LogP contribution in [0.4, 0.5) is 18.3 Å². The number of aromatic nitrogens is 2. The first kappa shape index (κ1) is 12.6. The Kier molecular flexibility index (Phi) is 3.53. The number of nitrogens with one attached hydrogen (secondary N) is 1. The van der Waals surface area contributed by atoms with E-state index in [0.29, 0.717) is 0 Å². The molecule has 0 amide bonds. The molecule has 1 aliphatic rings. The topological polar surface area (TPSA) is 63.8 Å². The minimum absolute atomic E-state index is 0.00205. The second kappa shape index (κ2) is 4.77. The normalized spacial score (nSPS) is 25.9. The maximum absolute atomic E-state index is 12.3. The summed E-state index contributed by atoms with van der Waals surface area (Å²) in [5.41, 5.74) is 5.89. The fraction of sp³-hybridized carbons (Fsp3) is 0.778. The molecule has 3 N–H and O–H groups in total. The van der Waals surface area contributed by atoms with Crippen molar-refractivity contribution < 1.29 is 13.2 Å². The van der Waals surface area contributed by atoms with E-state index in [2.05, 4.69) is 14.7 Å². The van der Waals surface area contributed by atoms with Crippen LogP contribution in [-0.2, 0) is 6.18 Å². The number of hydrogen-bond donors (Lipinski definition) is 2. The minimum Gasteiger partial charge on any atom is -0.356 e. The lowest BCUT2D eigenvalue weighted by atomic mass is 9.91. The summed E-state index contributed by atoms with van der Waals surface area (Å²) < 4.78 is 40.1. The van der Waals surface area contributed by atoms with Crippen molar-refractivity contribution in [2.45, 2.75) is 43.9 Å². The molecule has 8 heteroatoms. The van der Waals surface area contributed by atoms with E-state index in [9.17, 15) is 13.2 Å². The molecule has 96 valence electrons. The van der Waals surface area contributed by atoms with Crippen LogP contribution in [0.5, 0.6) is 0 Å². The van der Waals surface area contributed by atoms with Crippen molar-refractivity contribution in [1.29, 1.82) is 0 Å². The smallest absolute Gasteiger partial charge is 0.356 e. The fourth-order valence-electron chi connectivity index (χ4n) is 1.89. The lowest BCUT2D eigenvalue weighted by molar-refractivity contribution is -0.144. The summed E-state index contributed by atoms with van der Waals surface area (Å²) in [7, 11) is 0. The van der Waals surface area contributed by atoms with Crippen LogP contribution in [0.25, 0.3) is 0 Å². The lowest BCUT2D eigenvalue weighted by Crippen LogP contribution is -2.42. The molecule has 1 aromatic rings. The van der Waals surface area contributed by atoms with Gasteiger partial charge in [0.1, 0.15) is 0 Å². The van der Waals surface area contributed by atoms with Gasteiger partial charge in [0, 0.05) is 23.6 Å². The molecular formula is C9H13F3N4S. The van der Waals surface area contributed by atoms with Gasteiger partial charge in [0.2, 0.25) is 11.0 Å². The molecule has 17 heavy (non-hydrogen) atoms. The third-order valence-electron chi connectivity index (χ3n) is 2.81. The summed E-state index contributed by atoms with van der Waals surface area (Å²) in [6.45, 7) is 0. The number of hydrogen-bond acceptors (Lipinski definition) is 5. The van der Waals surface area contributed by atoms with Gasteiger partial charge in [-0.25, -0.2) is 0 Å². The molecule has 0 spiro atoms. The largest absolute Gasteiger partial charge is 0.452 e. The van der Waals surface area contributed by atoms with Crippen LogP contribution in [-0.4, -0.2) is 21.4 Å². The van der Waals surface area contributed by atoms with Gasteiger partial charge in [-0.05, 0) is 12.8 Å². The third-order valence-corrected chi connectivity index (χ3v) is 3.45. The average Bonchev–Trinajstić information content (AvgIpc) is 2.69.